The highest BCUT2D eigenvalue weighted by Gasteiger charge is 2.22. The molecule has 1 aliphatic rings. The van der Waals surface area contributed by atoms with Crippen molar-refractivity contribution >= 4 is 22.1 Å². The van der Waals surface area contributed by atoms with Gasteiger partial charge in [0.25, 0.3) is 0 Å². The zero-order chi connectivity index (χ0) is 12.1. The Morgan fingerprint density at radius 1 is 1.59 bits per heavy atom. The number of hydrogen-bond acceptors (Lipinski definition) is 4. The molecule has 0 radical (unpaired) electrons. The lowest BCUT2D eigenvalue weighted by Crippen LogP contribution is -2.15. The van der Waals surface area contributed by atoms with Crippen LogP contribution in [0, 0.1) is 0 Å². The normalized spacial score (nSPS) is 17.9. The van der Waals surface area contributed by atoms with E-state index in [9.17, 15) is 4.21 Å². The average molecular weight is 272 g/mol. The molecular weight excluding hydrogens is 252 g/mol. The lowest BCUT2D eigenvalue weighted by molar-refractivity contribution is 0.418. The number of hydrogen-bond donors (Lipinski definition) is 1. The Balaban J connectivity index is 1.65. The van der Waals surface area contributed by atoms with E-state index in [1.54, 1.807) is 6.26 Å². The van der Waals surface area contributed by atoms with Gasteiger partial charge in [0.1, 0.15) is 0 Å². The molecule has 1 N–H and O–H groups in total. The summed E-state index contributed by atoms with van der Waals surface area (Å²) in [4.78, 5) is 5.82. The van der Waals surface area contributed by atoms with Gasteiger partial charge in [0.2, 0.25) is 0 Å². The number of nitrogens with zero attached hydrogens (tertiary/aromatic N) is 1. The summed E-state index contributed by atoms with van der Waals surface area (Å²) in [6.45, 7) is 1.84. The van der Waals surface area contributed by atoms with Crippen molar-refractivity contribution in [1.82, 2.24) is 10.3 Å². The molecule has 1 atom stereocenters. The van der Waals surface area contributed by atoms with Crippen LogP contribution < -0.4 is 5.32 Å². The molecule has 1 unspecified atom stereocenters. The molecule has 2 rings (SSSR count). The molecule has 1 fully saturated rings. The van der Waals surface area contributed by atoms with Crippen LogP contribution in [0.25, 0.3) is 0 Å². The number of thiazole rings is 1. The van der Waals surface area contributed by atoms with E-state index in [1.165, 1.54) is 29.1 Å². The van der Waals surface area contributed by atoms with Crippen LogP contribution in [-0.2, 0) is 17.3 Å². The van der Waals surface area contributed by atoms with Gasteiger partial charge in [0.15, 0.2) is 0 Å². The quantitative estimate of drug-likeness (QED) is 0.774. The zero-order valence-electron chi connectivity index (χ0n) is 10.3. The molecule has 0 aromatic carbocycles. The summed E-state index contributed by atoms with van der Waals surface area (Å²) >= 11 is 1.85. The molecule has 17 heavy (non-hydrogen) atoms. The Labute approximate surface area is 109 Å². The second kappa shape index (κ2) is 6.61. The molecule has 96 valence electrons. The maximum atomic E-state index is 10.9. The molecule has 0 aliphatic heterocycles. The summed E-state index contributed by atoms with van der Waals surface area (Å²) in [6, 6.07) is 0. The van der Waals surface area contributed by atoms with Gasteiger partial charge in [0, 0.05) is 46.3 Å². The number of nitrogens with one attached hydrogen (secondary N) is 1. The smallest absolute Gasteiger partial charge is 0.0959 e. The van der Waals surface area contributed by atoms with Gasteiger partial charge >= 0.3 is 0 Å². The van der Waals surface area contributed by atoms with Crippen LogP contribution >= 0.6 is 11.3 Å². The molecule has 1 aromatic heterocycles. The minimum Gasteiger partial charge on any atom is -0.312 e. The third-order valence-corrected chi connectivity index (χ3v) is 5.13. The zero-order valence-corrected chi connectivity index (χ0v) is 11.9. The van der Waals surface area contributed by atoms with Gasteiger partial charge in [-0.05, 0) is 25.8 Å². The first-order valence-corrected chi connectivity index (χ1v) is 8.75. The highest BCUT2D eigenvalue weighted by molar-refractivity contribution is 7.84. The predicted octanol–water partition coefficient (Wildman–Crippen LogP) is 2.27. The molecular formula is C12H20N2OS2. The lowest BCUT2D eigenvalue weighted by Gasteiger charge is -2.22. The monoisotopic (exact) mass is 272 g/mol. The Bertz CT molecular complexity index is 374. The van der Waals surface area contributed by atoms with Crippen molar-refractivity contribution in [3.05, 3.63) is 16.1 Å². The van der Waals surface area contributed by atoms with Crippen molar-refractivity contribution in [2.75, 3.05) is 18.6 Å². The van der Waals surface area contributed by atoms with Crippen molar-refractivity contribution in [1.29, 1.82) is 0 Å². The third kappa shape index (κ3) is 4.16. The summed E-state index contributed by atoms with van der Waals surface area (Å²) in [7, 11) is -0.659. The Morgan fingerprint density at radius 3 is 3.06 bits per heavy atom. The minimum atomic E-state index is -0.659. The van der Waals surface area contributed by atoms with Crippen LogP contribution in [0.1, 0.15) is 41.5 Å². The van der Waals surface area contributed by atoms with E-state index in [1.807, 2.05) is 17.5 Å². The van der Waals surface area contributed by atoms with Gasteiger partial charge < -0.3 is 5.32 Å². The maximum absolute atomic E-state index is 10.9. The number of rotatable bonds is 7. The summed E-state index contributed by atoms with van der Waals surface area (Å²) in [5.41, 5.74) is 0. The molecule has 0 amide bonds. The van der Waals surface area contributed by atoms with E-state index in [4.69, 9.17) is 0 Å². The van der Waals surface area contributed by atoms with Crippen LogP contribution in [0.4, 0.5) is 0 Å². The molecule has 0 bridgehead atoms. The van der Waals surface area contributed by atoms with E-state index in [-0.39, 0.29) is 0 Å². The second-order valence-corrected chi connectivity index (χ2v) is 7.30. The lowest BCUT2D eigenvalue weighted by atomic mass is 9.86. The van der Waals surface area contributed by atoms with E-state index < -0.39 is 10.8 Å². The minimum absolute atomic E-state index is 0.659. The van der Waals surface area contributed by atoms with E-state index in [0.29, 0.717) is 0 Å². The molecule has 1 heterocycles. The van der Waals surface area contributed by atoms with Gasteiger partial charge in [0.05, 0.1) is 5.01 Å². The van der Waals surface area contributed by atoms with E-state index in [0.717, 1.165) is 31.2 Å². The maximum Gasteiger partial charge on any atom is 0.0959 e. The summed E-state index contributed by atoms with van der Waals surface area (Å²) in [5, 5.41) is 4.70. The summed E-state index contributed by atoms with van der Waals surface area (Å²) in [6.07, 6.45) is 8.76. The Kier molecular flexibility index (Phi) is 5.13. The number of aromatic nitrogens is 1. The van der Waals surface area contributed by atoms with Crippen LogP contribution in [0.15, 0.2) is 6.20 Å². The molecule has 1 saturated carbocycles. The van der Waals surface area contributed by atoms with Crippen LogP contribution in [0.5, 0.6) is 0 Å². The standard InChI is InChI=1S/C12H20N2OS2/c1-17(15)7-3-6-13-8-11-9-14-12(16-11)10-4-2-5-10/h9-10,13H,2-8H2,1H3. The molecule has 5 heteroatoms. The first-order chi connectivity index (χ1) is 8.25. The fourth-order valence-corrected chi connectivity index (χ4v) is 3.47. The molecule has 3 nitrogen and oxygen atoms in total. The molecule has 1 aromatic rings. The van der Waals surface area contributed by atoms with Gasteiger partial charge in [-0.1, -0.05) is 6.42 Å². The third-order valence-electron chi connectivity index (χ3n) is 3.11. The van der Waals surface area contributed by atoms with Crippen LogP contribution in [0.2, 0.25) is 0 Å². The van der Waals surface area contributed by atoms with Crippen molar-refractivity contribution in [2.45, 2.75) is 38.1 Å². The van der Waals surface area contributed by atoms with E-state index in [2.05, 4.69) is 10.3 Å². The van der Waals surface area contributed by atoms with Crippen LogP contribution in [-0.4, -0.2) is 27.7 Å². The molecule has 0 saturated heterocycles. The SMILES string of the molecule is CS(=O)CCCNCc1cnc(C2CCC2)s1. The summed E-state index contributed by atoms with van der Waals surface area (Å²) in [5.74, 6) is 1.54. The second-order valence-electron chi connectivity index (χ2n) is 4.60. The van der Waals surface area contributed by atoms with Gasteiger partial charge in [-0.15, -0.1) is 11.3 Å². The van der Waals surface area contributed by atoms with Gasteiger partial charge in [-0.3, -0.25) is 4.21 Å². The highest BCUT2D eigenvalue weighted by Crippen LogP contribution is 2.38. The van der Waals surface area contributed by atoms with E-state index >= 15 is 0 Å². The van der Waals surface area contributed by atoms with Crippen molar-refractivity contribution in [2.24, 2.45) is 0 Å². The first kappa shape index (κ1) is 13.2. The van der Waals surface area contributed by atoms with Gasteiger partial charge in [-0.25, -0.2) is 4.98 Å². The molecule has 1 aliphatic carbocycles. The Hall–Kier alpha value is -0.260. The molecule has 0 spiro atoms. The van der Waals surface area contributed by atoms with Crippen molar-refractivity contribution < 1.29 is 4.21 Å². The van der Waals surface area contributed by atoms with Gasteiger partial charge in [-0.2, -0.15) is 0 Å². The van der Waals surface area contributed by atoms with Crippen molar-refractivity contribution in [3.8, 4) is 0 Å². The van der Waals surface area contributed by atoms with Crippen LogP contribution in [0.3, 0.4) is 0 Å². The predicted molar refractivity (Wildman–Crippen MR) is 74.0 cm³/mol. The Morgan fingerprint density at radius 2 is 2.41 bits per heavy atom. The topological polar surface area (TPSA) is 42.0 Å². The largest absolute Gasteiger partial charge is 0.312 e. The summed E-state index contributed by atoms with van der Waals surface area (Å²) < 4.78 is 10.9. The first-order valence-electron chi connectivity index (χ1n) is 6.21. The fraction of sp³-hybridized carbons (Fsp3) is 0.750. The van der Waals surface area contributed by atoms with Crippen molar-refractivity contribution in [3.63, 3.8) is 0 Å². The highest BCUT2D eigenvalue weighted by atomic mass is 32.2. The average Bonchev–Trinajstić information content (AvgIpc) is 2.63. The fourth-order valence-electron chi connectivity index (χ4n) is 1.86.